The molecular formula is C21H23BrN2O4. The Morgan fingerprint density at radius 3 is 2.43 bits per heavy atom. The minimum absolute atomic E-state index is 0.0241. The first kappa shape index (κ1) is 20.2. The Morgan fingerprint density at radius 1 is 1.04 bits per heavy atom. The van der Waals surface area contributed by atoms with Crippen LogP contribution in [-0.2, 0) is 4.79 Å². The van der Waals surface area contributed by atoms with Crippen LogP contribution in [0.3, 0.4) is 0 Å². The number of amides is 2. The largest absolute Gasteiger partial charge is 0.508 e. The van der Waals surface area contributed by atoms with Crippen molar-refractivity contribution in [1.29, 1.82) is 0 Å². The normalized spacial score (nSPS) is 15.6. The molecule has 1 aliphatic rings. The Morgan fingerprint density at radius 2 is 1.71 bits per heavy atom. The van der Waals surface area contributed by atoms with Crippen molar-refractivity contribution >= 4 is 27.7 Å². The molecule has 0 radical (unpaired) electrons. The van der Waals surface area contributed by atoms with E-state index in [9.17, 15) is 14.7 Å². The van der Waals surface area contributed by atoms with Crippen molar-refractivity contribution in [1.82, 2.24) is 9.80 Å². The summed E-state index contributed by atoms with van der Waals surface area (Å²) in [5, 5.41) is 9.34. The molecule has 1 aliphatic heterocycles. The molecule has 1 fully saturated rings. The molecule has 0 aliphatic carbocycles. The number of halogens is 1. The Bertz CT molecular complexity index is 841. The number of ether oxygens (including phenoxy) is 1. The molecule has 28 heavy (non-hydrogen) atoms. The number of benzene rings is 2. The average Bonchev–Trinajstić information content (AvgIpc) is 2.94. The van der Waals surface area contributed by atoms with Crippen LogP contribution < -0.4 is 4.74 Å². The van der Waals surface area contributed by atoms with Gasteiger partial charge in [-0.2, -0.15) is 0 Å². The molecule has 0 saturated carbocycles. The lowest BCUT2D eigenvalue weighted by Crippen LogP contribution is -2.43. The van der Waals surface area contributed by atoms with Crippen molar-refractivity contribution in [3.8, 4) is 11.5 Å². The van der Waals surface area contributed by atoms with Crippen molar-refractivity contribution in [2.75, 3.05) is 26.2 Å². The van der Waals surface area contributed by atoms with E-state index in [2.05, 4.69) is 15.9 Å². The van der Waals surface area contributed by atoms with Crippen molar-refractivity contribution in [3.63, 3.8) is 0 Å². The first-order valence-electron chi connectivity index (χ1n) is 9.23. The lowest BCUT2D eigenvalue weighted by molar-refractivity contribution is -0.137. The quantitative estimate of drug-likeness (QED) is 0.781. The Labute approximate surface area is 172 Å². The topological polar surface area (TPSA) is 70.1 Å². The molecule has 1 N–H and O–H groups in total. The second kappa shape index (κ2) is 9.10. The molecule has 0 bridgehead atoms. The minimum Gasteiger partial charge on any atom is -0.508 e. The molecule has 7 heteroatoms. The van der Waals surface area contributed by atoms with E-state index in [1.165, 1.54) is 12.1 Å². The average molecular weight is 447 g/mol. The van der Waals surface area contributed by atoms with E-state index in [4.69, 9.17) is 4.74 Å². The molecule has 148 valence electrons. The summed E-state index contributed by atoms with van der Waals surface area (Å²) in [6.07, 6.45) is 0.0779. The van der Waals surface area contributed by atoms with Crippen molar-refractivity contribution in [2.45, 2.75) is 19.4 Å². The number of hydrogen-bond acceptors (Lipinski definition) is 4. The molecule has 2 aromatic carbocycles. The van der Waals surface area contributed by atoms with E-state index in [1.807, 2.05) is 18.2 Å². The second-order valence-electron chi connectivity index (χ2n) is 6.74. The van der Waals surface area contributed by atoms with Gasteiger partial charge in [0, 0.05) is 36.2 Å². The third-order valence-corrected chi connectivity index (χ3v) is 5.16. The fourth-order valence-corrected chi connectivity index (χ4v) is 3.58. The summed E-state index contributed by atoms with van der Waals surface area (Å²) >= 11 is 3.39. The number of hydrogen-bond donors (Lipinski definition) is 1. The SMILES string of the molecule is CC(Oc1ccc(O)cc1)C(=O)N1CCCN(C(=O)c2cccc(Br)c2)CC1. The van der Waals surface area contributed by atoms with Crippen LogP contribution in [0.1, 0.15) is 23.7 Å². The molecule has 3 rings (SSSR count). The van der Waals surface area contributed by atoms with Crippen molar-refractivity contribution in [3.05, 3.63) is 58.6 Å². The Balaban J connectivity index is 1.58. The Kier molecular flexibility index (Phi) is 6.57. The van der Waals surface area contributed by atoms with Crippen molar-refractivity contribution in [2.24, 2.45) is 0 Å². The van der Waals surface area contributed by atoms with Gasteiger partial charge in [0.15, 0.2) is 6.10 Å². The van der Waals surface area contributed by atoms with Gasteiger partial charge < -0.3 is 19.6 Å². The van der Waals surface area contributed by atoms with E-state index in [1.54, 1.807) is 34.9 Å². The van der Waals surface area contributed by atoms with Gasteiger partial charge in [0.2, 0.25) is 0 Å². The predicted molar refractivity (Wildman–Crippen MR) is 109 cm³/mol. The van der Waals surface area contributed by atoms with Crippen LogP contribution in [0.25, 0.3) is 0 Å². The van der Waals surface area contributed by atoms with Crippen LogP contribution in [-0.4, -0.2) is 59.0 Å². The highest BCUT2D eigenvalue weighted by Crippen LogP contribution is 2.19. The summed E-state index contributed by atoms with van der Waals surface area (Å²) in [6.45, 7) is 3.88. The number of nitrogens with zero attached hydrogens (tertiary/aromatic N) is 2. The van der Waals surface area contributed by atoms with E-state index >= 15 is 0 Å². The summed E-state index contributed by atoms with van der Waals surface area (Å²) in [7, 11) is 0. The molecular weight excluding hydrogens is 424 g/mol. The molecule has 0 spiro atoms. The highest BCUT2D eigenvalue weighted by atomic mass is 79.9. The number of aromatic hydroxyl groups is 1. The van der Waals surface area contributed by atoms with E-state index < -0.39 is 6.10 Å². The summed E-state index contributed by atoms with van der Waals surface area (Å²) in [6, 6.07) is 13.6. The monoisotopic (exact) mass is 446 g/mol. The maximum absolute atomic E-state index is 12.8. The van der Waals surface area contributed by atoms with Crippen LogP contribution in [0.4, 0.5) is 0 Å². The lowest BCUT2D eigenvalue weighted by Gasteiger charge is -2.25. The predicted octanol–water partition coefficient (Wildman–Crippen LogP) is 3.30. The maximum atomic E-state index is 12.8. The molecule has 0 aromatic heterocycles. The fraction of sp³-hybridized carbons (Fsp3) is 0.333. The van der Waals surface area contributed by atoms with Gasteiger partial charge in [-0.3, -0.25) is 9.59 Å². The highest BCUT2D eigenvalue weighted by molar-refractivity contribution is 9.10. The standard InChI is InChI=1S/C21H23BrN2O4/c1-15(28-19-8-6-18(25)7-9-19)20(26)23-10-3-11-24(13-12-23)21(27)16-4-2-5-17(22)14-16/h2,4-9,14-15,25H,3,10-13H2,1H3. The fourth-order valence-electron chi connectivity index (χ4n) is 3.18. The first-order valence-corrected chi connectivity index (χ1v) is 10.0. The third-order valence-electron chi connectivity index (χ3n) is 4.66. The zero-order valence-electron chi connectivity index (χ0n) is 15.7. The molecule has 1 heterocycles. The molecule has 1 unspecified atom stereocenters. The number of carbonyl (C=O) groups is 2. The zero-order chi connectivity index (χ0) is 20.1. The third kappa shape index (κ3) is 5.04. The van der Waals surface area contributed by atoms with Crippen molar-refractivity contribution < 1.29 is 19.4 Å². The summed E-state index contributed by atoms with van der Waals surface area (Å²) in [4.78, 5) is 29.0. The molecule has 1 atom stereocenters. The number of carbonyl (C=O) groups excluding carboxylic acids is 2. The molecule has 1 saturated heterocycles. The minimum atomic E-state index is -0.642. The van der Waals surface area contributed by atoms with Crippen LogP contribution in [0, 0.1) is 0 Å². The molecule has 2 aromatic rings. The zero-order valence-corrected chi connectivity index (χ0v) is 17.3. The van der Waals surface area contributed by atoms with Gasteiger partial charge in [0.1, 0.15) is 11.5 Å². The van der Waals surface area contributed by atoms with E-state index in [0.29, 0.717) is 37.5 Å². The van der Waals surface area contributed by atoms with E-state index in [0.717, 1.165) is 10.9 Å². The Hall–Kier alpha value is -2.54. The number of phenolic OH excluding ortho intramolecular Hbond substituents is 1. The van der Waals surface area contributed by atoms with Gasteiger partial charge in [0.25, 0.3) is 11.8 Å². The van der Waals surface area contributed by atoms with Gasteiger partial charge in [-0.25, -0.2) is 0 Å². The molecule has 6 nitrogen and oxygen atoms in total. The second-order valence-corrected chi connectivity index (χ2v) is 7.65. The van der Waals surface area contributed by atoms with Gasteiger partial charge in [-0.1, -0.05) is 22.0 Å². The smallest absolute Gasteiger partial charge is 0.263 e. The van der Waals surface area contributed by atoms with Crippen LogP contribution in [0.2, 0.25) is 0 Å². The highest BCUT2D eigenvalue weighted by Gasteiger charge is 2.26. The van der Waals surface area contributed by atoms with E-state index in [-0.39, 0.29) is 17.6 Å². The molecule has 2 amide bonds. The summed E-state index contributed by atoms with van der Waals surface area (Å²) in [5.41, 5.74) is 0.637. The lowest BCUT2D eigenvalue weighted by atomic mass is 10.2. The van der Waals surface area contributed by atoms with Gasteiger partial charge in [0.05, 0.1) is 0 Å². The number of phenols is 1. The number of rotatable bonds is 4. The summed E-state index contributed by atoms with van der Waals surface area (Å²) in [5.74, 6) is 0.544. The first-order chi connectivity index (χ1) is 13.4. The van der Waals surface area contributed by atoms with Gasteiger partial charge in [-0.15, -0.1) is 0 Å². The van der Waals surface area contributed by atoms with Gasteiger partial charge in [-0.05, 0) is 55.8 Å². The van der Waals surface area contributed by atoms with Crippen LogP contribution in [0.5, 0.6) is 11.5 Å². The maximum Gasteiger partial charge on any atom is 0.263 e. The summed E-state index contributed by atoms with van der Waals surface area (Å²) < 4.78 is 6.56. The van der Waals surface area contributed by atoms with Crippen LogP contribution >= 0.6 is 15.9 Å². The van der Waals surface area contributed by atoms with Gasteiger partial charge >= 0.3 is 0 Å². The van der Waals surface area contributed by atoms with Crippen LogP contribution in [0.15, 0.2) is 53.0 Å².